The second kappa shape index (κ2) is 8.81. The fourth-order valence-electron chi connectivity index (χ4n) is 4.25. The van der Waals surface area contributed by atoms with Crippen LogP contribution in [0.3, 0.4) is 0 Å². The summed E-state index contributed by atoms with van der Waals surface area (Å²) in [7, 11) is 0. The molecule has 2 fully saturated rings. The van der Waals surface area contributed by atoms with E-state index in [1.165, 1.54) is 26.2 Å². The monoisotopic (exact) mass is 407 g/mol. The number of amides is 1. The molecule has 7 nitrogen and oxygen atoms in total. The van der Waals surface area contributed by atoms with Crippen molar-refractivity contribution in [3.63, 3.8) is 0 Å². The van der Waals surface area contributed by atoms with Gasteiger partial charge in [-0.2, -0.15) is 0 Å². The van der Waals surface area contributed by atoms with E-state index in [1.807, 2.05) is 11.0 Å². The maximum Gasteiger partial charge on any atom is 0.253 e. The number of hydrogen-bond acceptors (Lipinski definition) is 6. The molecule has 1 unspecified atom stereocenters. The van der Waals surface area contributed by atoms with E-state index in [1.54, 1.807) is 24.3 Å². The molecule has 30 heavy (non-hydrogen) atoms. The number of Topliss-reactive ketones (excluding diaryl/α,β-unsaturated/α-hetero) is 1. The van der Waals surface area contributed by atoms with E-state index in [9.17, 15) is 9.59 Å². The highest BCUT2D eigenvalue weighted by molar-refractivity contribution is 5.97. The molecule has 2 saturated heterocycles. The summed E-state index contributed by atoms with van der Waals surface area (Å²) >= 11 is 0. The quantitative estimate of drug-likeness (QED) is 0.726. The van der Waals surface area contributed by atoms with Gasteiger partial charge in [0.05, 0.1) is 0 Å². The molecule has 2 aliphatic rings. The molecule has 1 atom stereocenters. The van der Waals surface area contributed by atoms with Gasteiger partial charge in [-0.15, -0.1) is 10.2 Å². The predicted octanol–water partition coefficient (Wildman–Crippen LogP) is 3.02. The third-order valence-corrected chi connectivity index (χ3v) is 6.16. The largest absolute Gasteiger partial charge is 0.352 e. The lowest BCUT2D eigenvalue weighted by molar-refractivity contribution is 0.0746. The predicted molar refractivity (Wildman–Crippen MR) is 117 cm³/mol. The zero-order chi connectivity index (χ0) is 21.1. The van der Waals surface area contributed by atoms with Crippen LogP contribution in [0.15, 0.2) is 36.4 Å². The van der Waals surface area contributed by atoms with E-state index in [0.29, 0.717) is 30.3 Å². The minimum absolute atomic E-state index is 0.00415. The molecule has 1 aromatic carbocycles. The van der Waals surface area contributed by atoms with Crippen LogP contribution in [-0.2, 0) is 0 Å². The first-order valence-corrected chi connectivity index (χ1v) is 10.8. The molecule has 1 aromatic heterocycles. The summed E-state index contributed by atoms with van der Waals surface area (Å²) in [6.45, 7) is 7.55. The van der Waals surface area contributed by atoms with Crippen LogP contribution >= 0.6 is 0 Å². The van der Waals surface area contributed by atoms with Gasteiger partial charge in [0, 0.05) is 49.9 Å². The summed E-state index contributed by atoms with van der Waals surface area (Å²) < 4.78 is 0. The Hall–Kier alpha value is -2.96. The van der Waals surface area contributed by atoms with E-state index in [-0.39, 0.29) is 11.7 Å². The minimum Gasteiger partial charge on any atom is -0.352 e. The lowest BCUT2D eigenvalue weighted by atomic mass is 10.0. The van der Waals surface area contributed by atoms with Gasteiger partial charge in [0.15, 0.2) is 17.4 Å². The van der Waals surface area contributed by atoms with Crippen molar-refractivity contribution in [3.05, 3.63) is 47.5 Å². The molecule has 0 saturated carbocycles. The van der Waals surface area contributed by atoms with Crippen molar-refractivity contribution < 1.29 is 9.59 Å². The number of anilines is 2. The number of rotatable bonds is 4. The van der Waals surface area contributed by atoms with Gasteiger partial charge in [-0.3, -0.25) is 9.59 Å². The Kier molecular flexibility index (Phi) is 5.97. The molecular weight excluding hydrogens is 378 g/mol. The van der Waals surface area contributed by atoms with Crippen molar-refractivity contribution in [1.29, 1.82) is 0 Å². The number of ketones is 1. The van der Waals surface area contributed by atoms with Crippen LogP contribution in [0, 0.1) is 0 Å². The molecule has 0 radical (unpaired) electrons. The van der Waals surface area contributed by atoms with Gasteiger partial charge in [0.2, 0.25) is 0 Å². The molecule has 2 aliphatic heterocycles. The maximum atomic E-state index is 12.8. The fourth-order valence-corrected chi connectivity index (χ4v) is 4.25. The third-order valence-electron chi connectivity index (χ3n) is 6.16. The number of hydrogen-bond donors (Lipinski definition) is 0. The molecule has 0 bridgehead atoms. The summed E-state index contributed by atoms with van der Waals surface area (Å²) in [5.74, 6) is 1.82. The second-order valence-corrected chi connectivity index (χ2v) is 8.20. The average Bonchev–Trinajstić information content (AvgIpc) is 2.79. The van der Waals surface area contributed by atoms with Crippen LogP contribution in [0.25, 0.3) is 0 Å². The Morgan fingerprint density at radius 3 is 2.07 bits per heavy atom. The summed E-state index contributed by atoms with van der Waals surface area (Å²) in [6.07, 6.45) is 3.70. The van der Waals surface area contributed by atoms with E-state index >= 15 is 0 Å². The zero-order valence-corrected chi connectivity index (χ0v) is 17.8. The SMILES string of the molecule is CC(=O)c1ccc(C(=O)N2CCN(c3ccc(N4CCCCC4C)nn3)CC2)cc1. The van der Waals surface area contributed by atoms with Crippen LogP contribution < -0.4 is 9.80 Å². The summed E-state index contributed by atoms with van der Waals surface area (Å²) in [5.41, 5.74) is 1.24. The number of carbonyl (C=O) groups excluding carboxylic acids is 2. The molecular formula is C23H29N5O2. The highest BCUT2D eigenvalue weighted by Gasteiger charge is 2.24. The number of benzene rings is 1. The molecule has 7 heteroatoms. The standard InChI is InChI=1S/C23H29N5O2/c1-17-5-3-4-12-28(17)22-11-10-21(24-25-22)26-13-15-27(16-14-26)23(30)20-8-6-19(7-9-20)18(2)29/h6-11,17H,3-5,12-16H2,1-2H3. The molecule has 0 spiro atoms. The summed E-state index contributed by atoms with van der Waals surface area (Å²) in [6, 6.07) is 11.5. The zero-order valence-electron chi connectivity index (χ0n) is 17.8. The Labute approximate surface area is 177 Å². The Balaban J connectivity index is 1.35. The lowest BCUT2D eigenvalue weighted by Crippen LogP contribution is -2.49. The Morgan fingerprint density at radius 1 is 0.833 bits per heavy atom. The van der Waals surface area contributed by atoms with Gasteiger partial charge in [0.25, 0.3) is 5.91 Å². The van der Waals surface area contributed by atoms with Gasteiger partial charge in [-0.05, 0) is 57.4 Å². The normalized spacial score (nSPS) is 19.7. The van der Waals surface area contributed by atoms with Gasteiger partial charge < -0.3 is 14.7 Å². The van der Waals surface area contributed by atoms with Crippen molar-refractivity contribution in [2.75, 3.05) is 42.5 Å². The summed E-state index contributed by atoms with van der Waals surface area (Å²) in [4.78, 5) is 30.6. The average molecular weight is 408 g/mol. The van der Waals surface area contributed by atoms with Crippen LogP contribution in [0.5, 0.6) is 0 Å². The van der Waals surface area contributed by atoms with Crippen LogP contribution in [0.2, 0.25) is 0 Å². The van der Waals surface area contributed by atoms with E-state index < -0.39 is 0 Å². The van der Waals surface area contributed by atoms with Crippen LogP contribution in [0.4, 0.5) is 11.6 Å². The molecule has 3 heterocycles. The Bertz CT molecular complexity index is 889. The number of piperidine rings is 1. The van der Waals surface area contributed by atoms with Crippen molar-refractivity contribution in [3.8, 4) is 0 Å². The van der Waals surface area contributed by atoms with Crippen LogP contribution in [0.1, 0.15) is 53.8 Å². The molecule has 4 rings (SSSR count). The first-order chi connectivity index (χ1) is 14.5. The fraction of sp³-hybridized carbons (Fsp3) is 0.478. The first-order valence-electron chi connectivity index (χ1n) is 10.8. The van der Waals surface area contributed by atoms with Gasteiger partial charge in [-0.1, -0.05) is 12.1 Å². The van der Waals surface area contributed by atoms with Crippen LogP contribution in [-0.4, -0.2) is 65.6 Å². The van der Waals surface area contributed by atoms with E-state index in [4.69, 9.17) is 0 Å². The molecule has 1 amide bonds. The highest BCUT2D eigenvalue weighted by Crippen LogP contribution is 2.24. The topological polar surface area (TPSA) is 69.6 Å². The van der Waals surface area contributed by atoms with Crippen molar-refractivity contribution in [2.24, 2.45) is 0 Å². The van der Waals surface area contributed by atoms with Crippen molar-refractivity contribution in [1.82, 2.24) is 15.1 Å². The van der Waals surface area contributed by atoms with Gasteiger partial charge in [-0.25, -0.2) is 0 Å². The Morgan fingerprint density at radius 2 is 1.47 bits per heavy atom. The van der Waals surface area contributed by atoms with Crippen molar-refractivity contribution >= 4 is 23.3 Å². The third kappa shape index (κ3) is 4.30. The number of carbonyl (C=O) groups is 2. The second-order valence-electron chi connectivity index (χ2n) is 8.20. The molecule has 158 valence electrons. The molecule has 0 N–H and O–H groups in total. The smallest absolute Gasteiger partial charge is 0.253 e. The summed E-state index contributed by atoms with van der Waals surface area (Å²) in [5, 5.41) is 8.94. The molecule has 0 aliphatic carbocycles. The number of piperazine rings is 1. The van der Waals surface area contributed by atoms with E-state index in [2.05, 4.69) is 33.0 Å². The van der Waals surface area contributed by atoms with Gasteiger partial charge in [0.1, 0.15) is 0 Å². The number of nitrogens with zero attached hydrogens (tertiary/aromatic N) is 5. The first kappa shape index (κ1) is 20.3. The maximum absolute atomic E-state index is 12.8. The molecule has 2 aromatic rings. The van der Waals surface area contributed by atoms with Crippen molar-refractivity contribution in [2.45, 2.75) is 39.2 Å². The highest BCUT2D eigenvalue weighted by atomic mass is 16.2. The van der Waals surface area contributed by atoms with E-state index in [0.717, 1.165) is 31.3 Å². The lowest BCUT2D eigenvalue weighted by Gasteiger charge is -2.36. The van der Waals surface area contributed by atoms with Gasteiger partial charge >= 0.3 is 0 Å². The number of aromatic nitrogens is 2. The minimum atomic E-state index is 0.00415.